The van der Waals surface area contributed by atoms with Gasteiger partial charge in [0.05, 0.1) is 0 Å². The first-order chi connectivity index (χ1) is 9.66. The summed E-state index contributed by atoms with van der Waals surface area (Å²) in [6.45, 7) is 2.19. The van der Waals surface area contributed by atoms with Gasteiger partial charge in [0.15, 0.2) is 0 Å². The molecule has 0 spiro atoms. The summed E-state index contributed by atoms with van der Waals surface area (Å²) in [6, 6.07) is 14.3. The average Bonchev–Trinajstić information content (AvgIpc) is 2.48. The third kappa shape index (κ3) is 2.38. The number of hydrogen-bond donors (Lipinski definition) is 0. The number of fused-ring (bicyclic) bond motifs is 1. The highest BCUT2D eigenvalue weighted by atomic mass is 35.5. The molecule has 1 aliphatic carbocycles. The van der Waals surface area contributed by atoms with E-state index in [9.17, 15) is 4.79 Å². The summed E-state index contributed by atoms with van der Waals surface area (Å²) in [6.07, 6.45) is 2.02. The van der Waals surface area contributed by atoms with E-state index < -0.39 is 0 Å². The van der Waals surface area contributed by atoms with Gasteiger partial charge in [-0.25, -0.2) is 0 Å². The zero-order valence-corrected chi connectivity index (χ0v) is 12.3. The fourth-order valence-corrected chi connectivity index (χ4v) is 3.42. The highest BCUT2D eigenvalue weighted by molar-refractivity contribution is 6.31. The summed E-state index contributed by atoms with van der Waals surface area (Å²) in [5.74, 6) is 0.588. The molecule has 1 atom stereocenters. The number of hydrogen-bond acceptors (Lipinski definition) is 1. The van der Waals surface area contributed by atoms with E-state index in [1.807, 2.05) is 18.2 Å². The van der Waals surface area contributed by atoms with Gasteiger partial charge in [-0.1, -0.05) is 54.9 Å². The van der Waals surface area contributed by atoms with E-state index in [0.29, 0.717) is 18.6 Å². The van der Waals surface area contributed by atoms with Crippen LogP contribution in [0.15, 0.2) is 42.5 Å². The van der Waals surface area contributed by atoms with Crippen molar-refractivity contribution in [1.82, 2.24) is 0 Å². The summed E-state index contributed by atoms with van der Waals surface area (Å²) in [7, 11) is 0. The van der Waals surface area contributed by atoms with E-state index in [1.165, 1.54) is 16.7 Å². The van der Waals surface area contributed by atoms with Crippen LogP contribution < -0.4 is 0 Å². The van der Waals surface area contributed by atoms with Gasteiger partial charge in [0.25, 0.3) is 0 Å². The molecule has 1 nitrogen and oxygen atoms in total. The van der Waals surface area contributed by atoms with E-state index >= 15 is 0 Å². The van der Waals surface area contributed by atoms with Crippen molar-refractivity contribution in [2.24, 2.45) is 0 Å². The third-order valence-corrected chi connectivity index (χ3v) is 4.50. The van der Waals surface area contributed by atoms with Gasteiger partial charge < -0.3 is 0 Å². The second-order valence-electron chi connectivity index (χ2n) is 5.45. The minimum absolute atomic E-state index is 0.256. The fourth-order valence-electron chi connectivity index (χ4n) is 3.08. The lowest BCUT2D eigenvalue weighted by molar-refractivity contribution is -0.118. The Balaban J connectivity index is 2.09. The van der Waals surface area contributed by atoms with Crippen LogP contribution >= 0.6 is 11.6 Å². The van der Waals surface area contributed by atoms with Gasteiger partial charge in [0.2, 0.25) is 0 Å². The molecule has 102 valence electrons. The maximum atomic E-state index is 11.6. The van der Waals surface area contributed by atoms with Crippen LogP contribution in [0.5, 0.6) is 0 Å². The van der Waals surface area contributed by atoms with Crippen molar-refractivity contribution in [2.75, 3.05) is 0 Å². The Hall–Kier alpha value is -1.60. The van der Waals surface area contributed by atoms with E-state index in [-0.39, 0.29) is 5.92 Å². The van der Waals surface area contributed by atoms with Crippen LogP contribution in [0.4, 0.5) is 0 Å². The maximum Gasteiger partial charge on any atom is 0.137 e. The molecule has 0 amide bonds. The lowest BCUT2D eigenvalue weighted by Crippen LogP contribution is -2.16. The lowest BCUT2D eigenvalue weighted by Gasteiger charge is -2.24. The minimum atomic E-state index is 0.256. The summed E-state index contributed by atoms with van der Waals surface area (Å²) in [5.41, 5.74) is 4.90. The zero-order valence-electron chi connectivity index (χ0n) is 11.5. The number of ketones is 1. The zero-order chi connectivity index (χ0) is 14.1. The number of carbonyl (C=O) groups excluding carboxylic acids is 1. The number of carbonyl (C=O) groups is 1. The maximum absolute atomic E-state index is 11.6. The SMILES string of the molecule is CC(c1ccccc1)c1c(Cl)ccc2c1CCC(=O)C2. The first-order valence-electron chi connectivity index (χ1n) is 7.03. The van der Waals surface area contributed by atoms with Gasteiger partial charge in [-0.05, 0) is 34.7 Å². The van der Waals surface area contributed by atoms with Gasteiger partial charge in [-0.2, -0.15) is 0 Å². The molecule has 1 unspecified atom stereocenters. The highest BCUT2D eigenvalue weighted by Crippen LogP contribution is 2.36. The smallest absolute Gasteiger partial charge is 0.137 e. The standard InChI is InChI=1S/C18H17ClO/c1-12(13-5-3-2-4-6-13)18-16-9-8-15(20)11-14(16)7-10-17(18)19/h2-7,10,12H,8-9,11H2,1H3. The van der Waals surface area contributed by atoms with Crippen molar-refractivity contribution < 1.29 is 4.79 Å². The Kier molecular flexibility index (Phi) is 3.62. The Labute approximate surface area is 124 Å². The van der Waals surface area contributed by atoms with Crippen molar-refractivity contribution in [3.8, 4) is 0 Å². The van der Waals surface area contributed by atoms with E-state index in [0.717, 1.165) is 17.0 Å². The van der Waals surface area contributed by atoms with E-state index in [4.69, 9.17) is 11.6 Å². The number of Topliss-reactive ketones (excluding diaryl/α,β-unsaturated/α-hetero) is 1. The van der Waals surface area contributed by atoms with Crippen molar-refractivity contribution in [2.45, 2.75) is 32.1 Å². The molecule has 1 aliphatic rings. The predicted molar refractivity (Wildman–Crippen MR) is 82.4 cm³/mol. The summed E-state index contributed by atoms with van der Waals surface area (Å²) in [5, 5.41) is 0.814. The largest absolute Gasteiger partial charge is 0.299 e. The third-order valence-electron chi connectivity index (χ3n) is 4.17. The number of halogens is 1. The Bertz CT molecular complexity index is 646. The molecule has 20 heavy (non-hydrogen) atoms. The molecule has 3 rings (SSSR count). The van der Waals surface area contributed by atoms with Crippen molar-refractivity contribution in [3.05, 3.63) is 69.7 Å². The summed E-state index contributed by atoms with van der Waals surface area (Å²) >= 11 is 6.46. The normalized spacial score (nSPS) is 15.8. The van der Waals surface area contributed by atoms with Crippen LogP contribution in [-0.4, -0.2) is 5.78 Å². The molecular formula is C18H17ClO. The molecule has 0 saturated carbocycles. The monoisotopic (exact) mass is 284 g/mol. The molecule has 2 aromatic carbocycles. The molecule has 0 radical (unpaired) electrons. The summed E-state index contributed by atoms with van der Waals surface area (Å²) < 4.78 is 0. The van der Waals surface area contributed by atoms with Crippen LogP contribution in [0.25, 0.3) is 0 Å². The van der Waals surface area contributed by atoms with E-state index in [1.54, 1.807) is 0 Å². The molecule has 0 fully saturated rings. The van der Waals surface area contributed by atoms with Crippen LogP contribution in [0.1, 0.15) is 41.5 Å². The van der Waals surface area contributed by atoms with Gasteiger partial charge in [-0.15, -0.1) is 0 Å². The van der Waals surface area contributed by atoms with Crippen molar-refractivity contribution in [3.63, 3.8) is 0 Å². The number of rotatable bonds is 2. The molecule has 0 bridgehead atoms. The molecule has 0 N–H and O–H groups in total. The van der Waals surface area contributed by atoms with Crippen LogP contribution in [0.3, 0.4) is 0 Å². The molecule has 0 saturated heterocycles. The van der Waals surface area contributed by atoms with Crippen LogP contribution in [0, 0.1) is 0 Å². The average molecular weight is 285 g/mol. The van der Waals surface area contributed by atoms with Gasteiger partial charge in [0, 0.05) is 23.8 Å². The summed E-state index contributed by atoms with van der Waals surface area (Å²) in [4.78, 5) is 11.6. The first kappa shape index (κ1) is 13.4. The molecule has 0 aromatic heterocycles. The number of benzene rings is 2. The fraction of sp³-hybridized carbons (Fsp3) is 0.278. The minimum Gasteiger partial charge on any atom is -0.299 e. The molecule has 0 aliphatic heterocycles. The molecule has 0 heterocycles. The Morgan fingerprint density at radius 2 is 1.80 bits per heavy atom. The van der Waals surface area contributed by atoms with E-state index in [2.05, 4.69) is 31.2 Å². The van der Waals surface area contributed by atoms with Crippen LogP contribution in [0.2, 0.25) is 5.02 Å². The predicted octanol–water partition coefficient (Wildman–Crippen LogP) is 4.55. The Morgan fingerprint density at radius 3 is 2.55 bits per heavy atom. The van der Waals surface area contributed by atoms with Gasteiger partial charge >= 0.3 is 0 Å². The quantitative estimate of drug-likeness (QED) is 0.791. The van der Waals surface area contributed by atoms with Crippen molar-refractivity contribution in [1.29, 1.82) is 0 Å². The second kappa shape index (κ2) is 5.41. The van der Waals surface area contributed by atoms with Crippen LogP contribution in [-0.2, 0) is 17.6 Å². The second-order valence-corrected chi connectivity index (χ2v) is 5.85. The Morgan fingerprint density at radius 1 is 1.05 bits per heavy atom. The molecular weight excluding hydrogens is 268 g/mol. The van der Waals surface area contributed by atoms with Crippen molar-refractivity contribution >= 4 is 17.4 Å². The highest BCUT2D eigenvalue weighted by Gasteiger charge is 2.23. The topological polar surface area (TPSA) is 17.1 Å². The first-order valence-corrected chi connectivity index (χ1v) is 7.41. The molecule has 2 heteroatoms. The lowest BCUT2D eigenvalue weighted by atomic mass is 9.81. The van der Waals surface area contributed by atoms with Gasteiger partial charge in [0.1, 0.15) is 5.78 Å². The van der Waals surface area contributed by atoms with Gasteiger partial charge in [-0.3, -0.25) is 4.79 Å². The molecule has 2 aromatic rings.